The fourth-order valence-electron chi connectivity index (χ4n) is 8.39. The van der Waals surface area contributed by atoms with Crippen molar-refractivity contribution in [3.05, 3.63) is 101 Å². The number of hydrogen-bond acceptors (Lipinski definition) is 3. The summed E-state index contributed by atoms with van der Waals surface area (Å²) in [5.74, 6) is 1.34. The molecule has 1 amide bonds. The number of benzene rings is 3. The van der Waals surface area contributed by atoms with E-state index in [0.717, 1.165) is 61.4 Å². The molecule has 0 unspecified atom stereocenters. The van der Waals surface area contributed by atoms with E-state index in [1.807, 2.05) is 31.2 Å². The molecular weight excluding hydrogens is 504 g/mol. The first-order chi connectivity index (χ1) is 20.0. The first-order valence-electron chi connectivity index (χ1n) is 15.6. The van der Waals surface area contributed by atoms with Crippen LogP contribution in [0.3, 0.4) is 0 Å². The highest BCUT2D eigenvalue weighted by Gasteiger charge is 2.44. The average molecular weight is 547 g/mol. The monoisotopic (exact) mass is 546 g/mol. The number of carbonyl (C=O) groups excluding carboxylic acids is 1. The lowest BCUT2D eigenvalue weighted by Gasteiger charge is -2.45. The number of aromatic nitrogens is 2. The van der Waals surface area contributed by atoms with E-state index in [9.17, 15) is 4.79 Å². The average Bonchev–Trinajstić information content (AvgIpc) is 3.47. The lowest BCUT2D eigenvalue weighted by molar-refractivity contribution is 0.0606. The number of amides is 1. The van der Waals surface area contributed by atoms with Crippen molar-refractivity contribution in [3.63, 3.8) is 0 Å². The first kappa shape index (κ1) is 26.5. The van der Waals surface area contributed by atoms with E-state index in [2.05, 4.69) is 75.9 Å². The van der Waals surface area contributed by atoms with E-state index >= 15 is 0 Å². The van der Waals surface area contributed by atoms with Crippen LogP contribution in [-0.4, -0.2) is 57.0 Å². The van der Waals surface area contributed by atoms with Crippen LogP contribution in [0.1, 0.15) is 78.3 Å². The molecule has 3 aliphatic heterocycles. The number of carbonyl (C=O) groups is 1. The Labute approximate surface area is 244 Å². The molecule has 212 valence electrons. The lowest BCUT2D eigenvalue weighted by atomic mass is 9.70. The maximum atomic E-state index is 13.4. The number of piperidine rings is 2. The molecule has 1 aromatic heterocycles. The van der Waals surface area contributed by atoms with Crippen LogP contribution in [0.2, 0.25) is 0 Å². The summed E-state index contributed by atoms with van der Waals surface area (Å²) < 4.78 is 2.53. The molecule has 3 saturated heterocycles. The SMILES string of the molecule is Cc1ccccc1C(=O)N1CCC(CCN2[C@@H]3CC[C@H]2C[C@@H](n2c(C)nc4ccccc42)C3)(c2ccccc2)CC1. The van der Waals surface area contributed by atoms with Crippen LogP contribution in [-0.2, 0) is 5.41 Å². The van der Waals surface area contributed by atoms with Crippen molar-refractivity contribution in [2.45, 2.75) is 82.3 Å². The van der Waals surface area contributed by atoms with Crippen LogP contribution in [0.25, 0.3) is 11.0 Å². The normalized spacial score (nSPS) is 24.1. The fraction of sp³-hybridized carbons (Fsp3) is 0.444. The molecule has 3 aromatic carbocycles. The zero-order valence-corrected chi connectivity index (χ0v) is 24.5. The second kappa shape index (κ2) is 10.8. The van der Waals surface area contributed by atoms with Gasteiger partial charge in [-0.05, 0) is 100 Å². The second-order valence-corrected chi connectivity index (χ2v) is 12.8. The highest BCUT2D eigenvalue weighted by molar-refractivity contribution is 5.95. The number of hydrogen-bond donors (Lipinski definition) is 0. The van der Waals surface area contributed by atoms with Gasteiger partial charge in [0.2, 0.25) is 0 Å². The van der Waals surface area contributed by atoms with Crippen LogP contribution in [0, 0.1) is 13.8 Å². The zero-order valence-electron chi connectivity index (χ0n) is 24.5. The van der Waals surface area contributed by atoms with E-state index in [1.165, 1.54) is 36.8 Å². The summed E-state index contributed by atoms with van der Waals surface area (Å²) in [5.41, 5.74) is 5.90. The molecule has 0 saturated carbocycles. The Morgan fingerprint density at radius 2 is 1.49 bits per heavy atom. The van der Waals surface area contributed by atoms with Gasteiger partial charge >= 0.3 is 0 Å². The molecule has 3 atom stereocenters. The van der Waals surface area contributed by atoms with Crippen LogP contribution < -0.4 is 0 Å². The summed E-state index contributed by atoms with van der Waals surface area (Å²) >= 11 is 0. The molecule has 2 bridgehead atoms. The van der Waals surface area contributed by atoms with Gasteiger partial charge in [-0.1, -0.05) is 60.7 Å². The van der Waals surface area contributed by atoms with Crippen molar-refractivity contribution in [2.24, 2.45) is 0 Å². The van der Waals surface area contributed by atoms with Gasteiger partial charge in [-0.15, -0.1) is 0 Å². The third kappa shape index (κ3) is 4.78. The number of fused-ring (bicyclic) bond motifs is 3. The van der Waals surface area contributed by atoms with Gasteiger partial charge in [-0.25, -0.2) is 4.98 Å². The minimum Gasteiger partial charge on any atom is -0.339 e. The molecule has 0 spiro atoms. The molecule has 3 fully saturated rings. The van der Waals surface area contributed by atoms with Gasteiger partial charge in [-0.3, -0.25) is 9.69 Å². The third-order valence-corrected chi connectivity index (χ3v) is 10.6. The van der Waals surface area contributed by atoms with E-state index in [1.54, 1.807) is 0 Å². The summed E-state index contributed by atoms with van der Waals surface area (Å²) in [4.78, 5) is 23.2. The number of aryl methyl sites for hydroxylation is 2. The first-order valence-corrected chi connectivity index (χ1v) is 15.6. The standard InChI is InChI=1S/C36H42N4O/c1-26-10-6-7-13-32(26)35(41)38-21-18-36(19-22-38,28-11-4-3-5-12-28)20-23-39-29-16-17-30(39)25-31(24-29)40-27(2)37-33-14-8-9-15-34(33)40/h3-15,29-31H,16-25H2,1-2H3/t29-,30+,31+. The number of nitrogens with zero attached hydrogens (tertiary/aromatic N) is 4. The molecule has 0 radical (unpaired) electrons. The molecule has 5 heteroatoms. The van der Waals surface area contributed by atoms with Crippen molar-refractivity contribution < 1.29 is 4.79 Å². The Bertz CT molecular complexity index is 1520. The molecule has 7 rings (SSSR count). The Morgan fingerprint density at radius 3 is 2.22 bits per heavy atom. The van der Waals surface area contributed by atoms with E-state index in [-0.39, 0.29) is 11.3 Å². The van der Waals surface area contributed by atoms with Gasteiger partial charge in [0.15, 0.2) is 0 Å². The molecule has 0 aliphatic carbocycles. The van der Waals surface area contributed by atoms with E-state index in [0.29, 0.717) is 18.1 Å². The van der Waals surface area contributed by atoms with Crippen LogP contribution >= 0.6 is 0 Å². The predicted octanol–water partition coefficient (Wildman–Crippen LogP) is 7.09. The van der Waals surface area contributed by atoms with Crippen LogP contribution in [0.15, 0.2) is 78.9 Å². The number of imidazole rings is 1. The minimum atomic E-state index is 0.122. The largest absolute Gasteiger partial charge is 0.339 e. The van der Waals surface area contributed by atoms with Crippen molar-refractivity contribution in [3.8, 4) is 0 Å². The summed E-state index contributed by atoms with van der Waals surface area (Å²) in [5, 5.41) is 0. The number of para-hydroxylation sites is 2. The van der Waals surface area contributed by atoms with Gasteiger partial charge in [0.25, 0.3) is 5.91 Å². The smallest absolute Gasteiger partial charge is 0.254 e. The van der Waals surface area contributed by atoms with Crippen molar-refractivity contribution >= 4 is 16.9 Å². The lowest BCUT2D eigenvalue weighted by Crippen LogP contribution is -2.49. The van der Waals surface area contributed by atoms with Gasteiger partial charge < -0.3 is 9.47 Å². The summed E-state index contributed by atoms with van der Waals surface area (Å²) in [6.07, 6.45) is 8.27. The van der Waals surface area contributed by atoms with E-state index in [4.69, 9.17) is 4.98 Å². The predicted molar refractivity (Wildman–Crippen MR) is 165 cm³/mol. The molecule has 5 nitrogen and oxygen atoms in total. The van der Waals surface area contributed by atoms with Crippen molar-refractivity contribution in [2.75, 3.05) is 19.6 Å². The molecule has 0 N–H and O–H groups in total. The minimum absolute atomic E-state index is 0.122. The Hall–Kier alpha value is -3.44. The summed E-state index contributed by atoms with van der Waals surface area (Å²) in [6.45, 7) is 7.01. The second-order valence-electron chi connectivity index (χ2n) is 12.8. The Morgan fingerprint density at radius 1 is 0.829 bits per heavy atom. The highest BCUT2D eigenvalue weighted by atomic mass is 16.2. The zero-order chi connectivity index (χ0) is 28.0. The van der Waals surface area contributed by atoms with Crippen LogP contribution in [0.5, 0.6) is 0 Å². The Balaban J connectivity index is 1.07. The van der Waals surface area contributed by atoms with Gasteiger partial charge in [0.1, 0.15) is 5.82 Å². The maximum Gasteiger partial charge on any atom is 0.254 e. The summed E-state index contributed by atoms with van der Waals surface area (Å²) in [7, 11) is 0. The maximum absolute atomic E-state index is 13.4. The van der Waals surface area contributed by atoms with Gasteiger partial charge in [0.05, 0.1) is 11.0 Å². The third-order valence-electron chi connectivity index (χ3n) is 10.6. The van der Waals surface area contributed by atoms with Crippen molar-refractivity contribution in [1.29, 1.82) is 0 Å². The van der Waals surface area contributed by atoms with Gasteiger partial charge in [-0.2, -0.15) is 0 Å². The Kier molecular flexibility index (Phi) is 6.94. The molecule has 4 aromatic rings. The van der Waals surface area contributed by atoms with Crippen LogP contribution in [0.4, 0.5) is 0 Å². The summed E-state index contributed by atoms with van der Waals surface area (Å²) in [6, 6.07) is 29.6. The molecular formula is C36H42N4O. The molecule has 41 heavy (non-hydrogen) atoms. The number of likely N-dealkylation sites (tertiary alicyclic amines) is 1. The highest BCUT2D eigenvalue weighted by Crippen LogP contribution is 2.45. The van der Waals surface area contributed by atoms with E-state index < -0.39 is 0 Å². The fourth-order valence-corrected chi connectivity index (χ4v) is 8.39. The van der Waals surface area contributed by atoms with Crippen molar-refractivity contribution in [1.82, 2.24) is 19.4 Å². The number of rotatable bonds is 6. The molecule has 4 heterocycles. The quantitative estimate of drug-likeness (QED) is 0.259. The van der Waals surface area contributed by atoms with Gasteiger partial charge in [0, 0.05) is 36.8 Å². The topological polar surface area (TPSA) is 41.4 Å². The molecule has 3 aliphatic rings.